The number of phenolic OH excluding ortho intramolecular Hbond substituents is 1. The number of phenols is 1. The van der Waals surface area contributed by atoms with E-state index in [2.05, 4.69) is 4.98 Å². The molecule has 0 radical (unpaired) electrons. The van der Waals surface area contributed by atoms with Gasteiger partial charge in [0.25, 0.3) is 5.91 Å². The van der Waals surface area contributed by atoms with Crippen molar-refractivity contribution in [2.45, 2.75) is 25.9 Å². The Morgan fingerprint density at radius 1 is 1.00 bits per heavy atom. The third-order valence-electron chi connectivity index (χ3n) is 5.25. The van der Waals surface area contributed by atoms with Gasteiger partial charge in [0, 0.05) is 31.1 Å². The fourth-order valence-corrected chi connectivity index (χ4v) is 3.76. The summed E-state index contributed by atoms with van der Waals surface area (Å²) in [6.45, 7) is 3.25. The summed E-state index contributed by atoms with van der Waals surface area (Å²) >= 11 is 0. The van der Waals surface area contributed by atoms with Gasteiger partial charge in [-0.3, -0.25) is 4.79 Å². The van der Waals surface area contributed by atoms with E-state index in [9.17, 15) is 15.0 Å². The summed E-state index contributed by atoms with van der Waals surface area (Å²) < 4.78 is 1.97. The highest BCUT2D eigenvalue weighted by Gasteiger charge is 2.40. The maximum atomic E-state index is 12.9. The Labute approximate surface area is 169 Å². The predicted octanol–water partition coefficient (Wildman–Crippen LogP) is 3.84. The third kappa shape index (κ3) is 3.74. The highest BCUT2D eigenvalue weighted by Crippen LogP contribution is 2.43. The molecule has 1 unspecified atom stereocenters. The van der Waals surface area contributed by atoms with E-state index in [-0.39, 0.29) is 23.5 Å². The summed E-state index contributed by atoms with van der Waals surface area (Å²) in [5.74, 6) is -0.463. The molecule has 0 spiro atoms. The van der Waals surface area contributed by atoms with Crippen molar-refractivity contribution in [3.63, 3.8) is 0 Å². The molecule has 2 aromatic carbocycles. The molecule has 0 aliphatic carbocycles. The van der Waals surface area contributed by atoms with Gasteiger partial charge in [-0.2, -0.15) is 0 Å². The number of aryl methyl sites for hydroxylation is 2. The van der Waals surface area contributed by atoms with Crippen LogP contribution in [0.15, 0.2) is 73.0 Å². The SMILES string of the molecule is Cc1ccc(C2C(c3ccc(O)cc3)=C(O)C(=O)N2CCCn2ccnc2)cc1. The van der Waals surface area contributed by atoms with Gasteiger partial charge in [-0.15, -0.1) is 0 Å². The van der Waals surface area contributed by atoms with E-state index >= 15 is 0 Å². The normalized spacial score (nSPS) is 16.7. The Kier molecular flexibility index (Phi) is 5.08. The van der Waals surface area contributed by atoms with Crippen molar-refractivity contribution in [2.75, 3.05) is 6.54 Å². The molecule has 1 aliphatic heterocycles. The number of carbonyl (C=O) groups excluding carboxylic acids is 1. The number of aromatic hydroxyl groups is 1. The zero-order valence-electron chi connectivity index (χ0n) is 16.2. The molecule has 0 fully saturated rings. The molecule has 4 rings (SSSR count). The van der Waals surface area contributed by atoms with Crippen molar-refractivity contribution in [3.05, 3.63) is 89.7 Å². The fourth-order valence-electron chi connectivity index (χ4n) is 3.76. The van der Waals surface area contributed by atoms with Gasteiger partial charge in [0.2, 0.25) is 0 Å². The molecule has 0 saturated carbocycles. The standard InChI is InChI=1S/C23H23N3O3/c1-16-3-5-18(6-4-16)21-20(17-7-9-19(27)10-8-17)22(28)23(29)26(21)13-2-12-25-14-11-24-15-25/h3-11,14-15,21,27-28H,2,12-13H2,1H3. The van der Waals surface area contributed by atoms with Crippen molar-refractivity contribution in [3.8, 4) is 5.75 Å². The lowest BCUT2D eigenvalue weighted by molar-refractivity contribution is -0.129. The summed E-state index contributed by atoms with van der Waals surface area (Å²) in [6.07, 6.45) is 6.11. The molecule has 3 aromatic rings. The Balaban J connectivity index is 1.67. The number of aliphatic hydroxyl groups is 1. The molecule has 1 atom stereocenters. The average molecular weight is 389 g/mol. The minimum atomic E-state index is -0.379. The maximum Gasteiger partial charge on any atom is 0.289 e. The Morgan fingerprint density at radius 2 is 1.72 bits per heavy atom. The first-order valence-electron chi connectivity index (χ1n) is 9.60. The lowest BCUT2D eigenvalue weighted by atomic mass is 9.93. The van der Waals surface area contributed by atoms with E-state index in [0.717, 1.165) is 29.7 Å². The van der Waals surface area contributed by atoms with Gasteiger partial charge >= 0.3 is 0 Å². The van der Waals surface area contributed by atoms with Gasteiger partial charge in [0.1, 0.15) is 5.75 Å². The van der Waals surface area contributed by atoms with E-state index < -0.39 is 0 Å². The molecule has 0 bridgehead atoms. The van der Waals surface area contributed by atoms with Gasteiger partial charge in [0.05, 0.1) is 12.4 Å². The smallest absolute Gasteiger partial charge is 0.289 e. The van der Waals surface area contributed by atoms with E-state index in [4.69, 9.17) is 0 Å². The van der Waals surface area contributed by atoms with Crippen LogP contribution in [0.4, 0.5) is 0 Å². The Hall–Kier alpha value is -3.54. The summed E-state index contributed by atoms with van der Waals surface area (Å²) in [5.41, 5.74) is 3.36. The minimum absolute atomic E-state index is 0.141. The number of carbonyl (C=O) groups is 1. The minimum Gasteiger partial charge on any atom is -0.508 e. The average Bonchev–Trinajstić information content (AvgIpc) is 3.32. The van der Waals surface area contributed by atoms with E-state index in [1.165, 1.54) is 0 Å². The van der Waals surface area contributed by atoms with Crippen LogP contribution >= 0.6 is 0 Å². The second-order valence-corrected chi connectivity index (χ2v) is 7.27. The zero-order valence-corrected chi connectivity index (χ0v) is 16.2. The lowest BCUT2D eigenvalue weighted by Crippen LogP contribution is -2.31. The van der Waals surface area contributed by atoms with E-state index in [0.29, 0.717) is 12.1 Å². The molecule has 0 saturated heterocycles. The van der Waals surface area contributed by atoms with Gasteiger partial charge in [0.15, 0.2) is 5.76 Å². The maximum absolute atomic E-state index is 12.9. The molecule has 1 aromatic heterocycles. The Bertz CT molecular complexity index is 1020. The van der Waals surface area contributed by atoms with E-state index in [1.807, 2.05) is 42.0 Å². The molecule has 1 amide bonds. The number of amides is 1. The van der Waals surface area contributed by atoms with E-state index in [1.54, 1.807) is 41.7 Å². The summed E-state index contributed by atoms with van der Waals surface area (Å²) in [7, 11) is 0. The highest BCUT2D eigenvalue weighted by molar-refractivity contribution is 6.05. The van der Waals surface area contributed by atoms with Crippen LogP contribution < -0.4 is 0 Å². The molecule has 148 valence electrons. The van der Waals surface area contributed by atoms with Crippen molar-refractivity contribution >= 4 is 11.5 Å². The van der Waals surface area contributed by atoms with Crippen LogP contribution in [0.5, 0.6) is 5.75 Å². The first kappa shape index (κ1) is 18.8. The summed E-state index contributed by atoms with van der Waals surface area (Å²) in [4.78, 5) is 18.7. The molecule has 2 N–H and O–H groups in total. The second-order valence-electron chi connectivity index (χ2n) is 7.27. The summed E-state index contributed by atoms with van der Waals surface area (Å²) in [5, 5.41) is 20.4. The number of hydrogen-bond donors (Lipinski definition) is 2. The Morgan fingerprint density at radius 3 is 2.38 bits per heavy atom. The molecule has 1 aliphatic rings. The molecule has 6 heteroatoms. The fraction of sp³-hybridized carbons (Fsp3) is 0.217. The van der Waals surface area contributed by atoms with Gasteiger partial charge < -0.3 is 19.7 Å². The van der Waals surface area contributed by atoms with Crippen LogP contribution in [0.25, 0.3) is 5.57 Å². The van der Waals surface area contributed by atoms with Gasteiger partial charge in [-0.1, -0.05) is 42.0 Å². The molecule has 6 nitrogen and oxygen atoms in total. The number of rotatable bonds is 6. The third-order valence-corrected chi connectivity index (χ3v) is 5.25. The van der Waals surface area contributed by atoms with Crippen LogP contribution in [0.1, 0.15) is 29.2 Å². The van der Waals surface area contributed by atoms with Crippen LogP contribution in [-0.4, -0.2) is 37.1 Å². The van der Waals surface area contributed by atoms with Gasteiger partial charge in [-0.25, -0.2) is 4.98 Å². The second kappa shape index (κ2) is 7.83. The van der Waals surface area contributed by atoms with Crippen molar-refractivity contribution < 1.29 is 15.0 Å². The molecule has 29 heavy (non-hydrogen) atoms. The van der Waals surface area contributed by atoms with Crippen molar-refractivity contribution in [1.29, 1.82) is 0 Å². The van der Waals surface area contributed by atoms with Gasteiger partial charge in [-0.05, 0) is 36.6 Å². The molecule has 2 heterocycles. The van der Waals surface area contributed by atoms with Crippen LogP contribution in [0.2, 0.25) is 0 Å². The summed E-state index contributed by atoms with van der Waals surface area (Å²) in [6, 6.07) is 14.2. The zero-order chi connectivity index (χ0) is 20.4. The monoisotopic (exact) mass is 389 g/mol. The lowest BCUT2D eigenvalue weighted by Gasteiger charge is -2.27. The first-order valence-corrected chi connectivity index (χ1v) is 9.60. The number of benzene rings is 2. The number of aliphatic hydroxyl groups excluding tert-OH is 1. The van der Waals surface area contributed by atoms with Crippen molar-refractivity contribution in [2.24, 2.45) is 0 Å². The molecular weight excluding hydrogens is 366 g/mol. The van der Waals surface area contributed by atoms with Crippen molar-refractivity contribution in [1.82, 2.24) is 14.5 Å². The predicted molar refractivity (Wildman–Crippen MR) is 110 cm³/mol. The highest BCUT2D eigenvalue weighted by atomic mass is 16.3. The topological polar surface area (TPSA) is 78.6 Å². The quantitative estimate of drug-likeness (QED) is 0.671. The number of imidazole rings is 1. The number of hydrogen-bond acceptors (Lipinski definition) is 4. The molecular formula is C23H23N3O3. The van der Waals surface area contributed by atoms with Crippen LogP contribution in [0, 0.1) is 6.92 Å². The van der Waals surface area contributed by atoms with Crippen LogP contribution in [-0.2, 0) is 11.3 Å². The number of nitrogens with zero attached hydrogens (tertiary/aromatic N) is 3. The largest absolute Gasteiger partial charge is 0.508 e. The van der Waals surface area contributed by atoms with Crippen LogP contribution in [0.3, 0.4) is 0 Å². The number of aromatic nitrogens is 2. The first-order chi connectivity index (χ1) is 14.0.